The Balaban J connectivity index is 1.61. The van der Waals surface area contributed by atoms with Gasteiger partial charge in [0, 0.05) is 28.8 Å². The molecule has 0 amide bonds. The molecule has 104 valence electrons. The number of hydrogen-bond donors (Lipinski definition) is 1. The molecule has 2 aliphatic heterocycles. The smallest absolute Gasteiger partial charge is 0.0263 e. The van der Waals surface area contributed by atoms with E-state index in [1.165, 1.54) is 37.4 Å². The Bertz CT molecular complexity index is 419. The molecule has 1 aromatic carbocycles. The summed E-state index contributed by atoms with van der Waals surface area (Å²) < 4.78 is 0. The molecule has 1 fully saturated rings. The quantitative estimate of drug-likeness (QED) is 0.894. The third-order valence-electron chi connectivity index (χ3n) is 4.05. The molecule has 2 heterocycles. The van der Waals surface area contributed by atoms with Crippen LogP contribution in [-0.4, -0.2) is 41.9 Å². The Hall–Kier alpha value is -0.510. The van der Waals surface area contributed by atoms with Gasteiger partial charge in [-0.15, -0.1) is 11.8 Å². The van der Waals surface area contributed by atoms with Crippen molar-refractivity contribution in [3.63, 3.8) is 0 Å². The molecule has 2 nitrogen and oxygen atoms in total. The molecule has 3 heteroatoms. The zero-order valence-electron chi connectivity index (χ0n) is 12.0. The van der Waals surface area contributed by atoms with Crippen molar-refractivity contribution < 1.29 is 0 Å². The summed E-state index contributed by atoms with van der Waals surface area (Å²) >= 11 is 2.07. The highest BCUT2D eigenvalue weighted by Gasteiger charge is 2.28. The molecule has 0 spiro atoms. The van der Waals surface area contributed by atoms with Crippen molar-refractivity contribution in [2.45, 2.75) is 42.4 Å². The first-order chi connectivity index (χ1) is 9.12. The van der Waals surface area contributed by atoms with Crippen molar-refractivity contribution in [3.8, 4) is 0 Å². The maximum Gasteiger partial charge on any atom is 0.0263 e. The molecule has 0 aliphatic carbocycles. The average molecular weight is 276 g/mol. The SMILES string of the molecule is CC1(C)CN(CC2Cc3ccccc3S2)CCCN1. The summed E-state index contributed by atoms with van der Waals surface area (Å²) in [5, 5.41) is 4.39. The summed E-state index contributed by atoms with van der Waals surface area (Å²) in [7, 11) is 0. The zero-order chi connectivity index (χ0) is 13.3. The van der Waals surface area contributed by atoms with Crippen LogP contribution < -0.4 is 5.32 Å². The highest BCUT2D eigenvalue weighted by atomic mass is 32.2. The second-order valence-electron chi connectivity index (χ2n) is 6.45. The van der Waals surface area contributed by atoms with E-state index in [0.29, 0.717) is 0 Å². The Labute approximate surface area is 121 Å². The van der Waals surface area contributed by atoms with Crippen molar-refractivity contribution in [2.24, 2.45) is 0 Å². The summed E-state index contributed by atoms with van der Waals surface area (Å²) in [4.78, 5) is 4.16. The third-order valence-corrected chi connectivity index (χ3v) is 5.35. The number of nitrogens with zero attached hydrogens (tertiary/aromatic N) is 1. The van der Waals surface area contributed by atoms with Gasteiger partial charge in [-0.1, -0.05) is 18.2 Å². The number of nitrogens with one attached hydrogen (secondary N) is 1. The minimum Gasteiger partial charge on any atom is -0.310 e. The van der Waals surface area contributed by atoms with Gasteiger partial charge in [-0.3, -0.25) is 0 Å². The zero-order valence-corrected chi connectivity index (χ0v) is 12.8. The third kappa shape index (κ3) is 3.33. The summed E-state index contributed by atoms with van der Waals surface area (Å²) in [5.74, 6) is 0. The number of benzene rings is 1. The first kappa shape index (κ1) is 13.5. The molecule has 1 atom stereocenters. The topological polar surface area (TPSA) is 15.3 Å². The van der Waals surface area contributed by atoms with Gasteiger partial charge < -0.3 is 10.2 Å². The highest BCUT2D eigenvalue weighted by Crippen LogP contribution is 2.37. The van der Waals surface area contributed by atoms with E-state index >= 15 is 0 Å². The van der Waals surface area contributed by atoms with E-state index in [-0.39, 0.29) is 5.54 Å². The Morgan fingerprint density at radius 2 is 2.21 bits per heavy atom. The predicted octanol–water partition coefficient (Wildman–Crippen LogP) is 2.78. The fourth-order valence-corrected chi connectivity index (χ4v) is 4.59. The minimum absolute atomic E-state index is 0.257. The number of hydrogen-bond acceptors (Lipinski definition) is 3. The second kappa shape index (κ2) is 5.47. The fraction of sp³-hybridized carbons (Fsp3) is 0.625. The molecule has 1 aromatic rings. The van der Waals surface area contributed by atoms with Gasteiger partial charge in [-0.2, -0.15) is 0 Å². The molecule has 0 aromatic heterocycles. The number of rotatable bonds is 2. The Kier molecular flexibility index (Phi) is 3.88. The molecule has 0 radical (unpaired) electrons. The number of fused-ring (bicyclic) bond motifs is 1. The van der Waals surface area contributed by atoms with Crippen molar-refractivity contribution in [2.75, 3.05) is 26.2 Å². The molecule has 0 saturated carbocycles. The van der Waals surface area contributed by atoms with Gasteiger partial charge in [0.15, 0.2) is 0 Å². The Morgan fingerprint density at radius 1 is 1.37 bits per heavy atom. The minimum atomic E-state index is 0.257. The standard InChI is InChI=1S/C16H24N2S/c1-16(2)12-18(9-5-8-17-16)11-14-10-13-6-3-4-7-15(13)19-14/h3-4,6-7,14,17H,5,8-12H2,1-2H3. The van der Waals surface area contributed by atoms with E-state index in [9.17, 15) is 0 Å². The van der Waals surface area contributed by atoms with Crippen molar-refractivity contribution in [3.05, 3.63) is 29.8 Å². The Morgan fingerprint density at radius 3 is 3.05 bits per heavy atom. The lowest BCUT2D eigenvalue weighted by molar-refractivity contribution is 0.232. The van der Waals surface area contributed by atoms with Crippen LogP contribution in [0.2, 0.25) is 0 Å². The van der Waals surface area contributed by atoms with Crippen LogP contribution in [0.25, 0.3) is 0 Å². The average Bonchev–Trinajstić information content (AvgIpc) is 2.67. The maximum atomic E-state index is 3.64. The monoisotopic (exact) mass is 276 g/mol. The lowest BCUT2D eigenvalue weighted by atomic mass is 10.1. The van der Waals surface area contributed by atoms with Crippen molar-refractivity contribution in [1.82, 2.24) is 10.2 Å². The molecular weight excluding hydrogens is 252 g/mol. The van der Waals surface area contributed by atoms with Gasteiger partial charge in [-0.25, -0.2) is 0 Å². The predicted molar refractivity (Wildman–Crippen MR) is 82.9 cm³/mol. The van der Waals surface area contributed by atoms with Gasteiger partial charge in [0.05, 0.1) is 0 Å². The molecule has 1 unspecified atom stereocenters. The molecule has 1 saturated heterocycles. The first-order valence-electron chi connectivity index (χ1n) is 7.34. The van der Waals surface area contributed by atoms with Crippen LogP contribution in [0.4, 0.5) is 0 Å². The van der Waals surface area contributed by atoms with Crippen molar-refractivity contribution in [1.29, 1.82) is 0 Å². The van der Waals surface area contributed by atoms with Crippen LogP contribution in [0.15, 0.2) is 29.2 Å². The van der Waals surface area contributed by atoms with Crippen LogP contribution in [0.1, 0.15) is 25.8 Å². The van der Waals surface area contributed by atoms with Crippen LogP contribution >= 0.6 is 11.8 Å². The fourth-order valence-electron chi connectivity index (χ4n) is 3.22. The summed E-state index contributed by atoms with van der Waals surface area (Å²) in [6.45, 7) is 9.43. The summed E-state index contributed by atoms with van der Waals surface area (Å²) in [5.41, 5.74) is 1.80. The van der Waals surface area contributed by atoms with E-state index < -0.39 is 0 Å². The molecule has 3 rings (SSSR count). The normalized spacial score (nSPS) is 26.9. The van der Waals surface area contributed by atoms with Crippen LogP contribution in [0, 0.1) is 0 Å². The van der Waals surface area contributed by atoms with Crippen LogP contribution in [-0.2, 0) is 6.42 Å². The van der Waals surface area contributed by atoms with Gasteiger partial charge in [0.2, 0.25) is 0 Å². The molecular formula is C16H24N2S. The molecule has 2 aliphatic rings. The van der Waals surface area contributed by atoms with Crippen LogP contribution in [0.3, 0.4) is 0 Å². The summed E-state index contributed by atoms with van der Waals surface area (Å²) in [6.07, 6.45) is 2.51. The van der Waals surface area contributed by atoms with Gasteiger partial charge in [-0.05, 0) is 51.4 Å². The first-order valence-corrected chi connectivity index (χ1v) is 8.22. The van der Waals surface area contributed by atoms with Gasteiger partial charge in [0.1, 0.15) is 0 Å². The molecule has 0 bridgehead atoms. The molecule has 19 heavy (non-hydrogen) atoms. The summed E-state index contributed by atoms with van der Waals surface area (Å²) in [6, 6.07) is 8.89. The van der Waals surface area contributed by atoms with E-state index in [1.54, 1.807) is 5.56 Å². The van der Waals surface area contributed by atoms with E-state index in [1.807, 2.05) is 0 Å². The highest BCUT2D eigenvalue weighted by molar-refractivity contribution is 8.00. The van der Waals surface area contributed by atoms with Crippen molar-refractivity contribution >= 4 is 11.8 Å². The maximum absolute atomic E-state index is 3.64. The van der Waals surface area contributed by atoms with E-state index in [2.05, 4.69) is 60.1 Å². The number of thioether (sulfide) groups is 1. The second-order valence-corrected chi connectivity index (χ2v) is 7.79. The van der Waals surface area contributed by atoms with E-state index in [0.717, 1.165) is 11.8 Å². The lowest BCUT2D eigenvalue weighted by Gasteiger charge is -2.31. The van der Waals surface area contributed by atoms with Gasteiger partial charge >= 0.3 is 0 Å². The lowest BCUT2D eigenvalue weighted by Crippen LogP contribution is -2.47. The van der Waals surface area contributed by atoms with E-state index in [4.69, 9.17) is 0 Å². The molecule has 1 N–H and O–H groups in total. The van der Waals surface area contributed by atoms with Crippen LogP contribution in [0.5, 0.6) is 0 Å². The largest absolute Gasteiger partial charge is 0.310 e. The van der Waals surface area contributed by atoms with Gasteiger partial charge in [0.25, 0.3) is 0 Å².